The lowest BCUT2D eigenvalue weighted by Gasteiger charge is -2.25. The number of aromatic nitrogens is 4. The first-order valence-corrected chi connectivity index (χ1v) is 14.2. The van der Waals surface area contributed by atoms with E-state index in [1.54, 1.807) is 13.8 Å². The van der Waals surface area contributed by atoms with Gasteiger partial charge in [0.25, 0.3) is 5.56 Å². The molecule has 13 nitrogen and oxygen atoms in total. The van der Waals surface area contributed by atoms with Crippen LogP contribution in [0.1, 0.15) is 96.3 Å². The maximum atomic E-state index is 13.5. The zero-order chi connectivity index (χ0) is 30.7. The molecule has 0 fully saturated rings. The third-order valence-corrected chi connectivity index (χ3v) is 6.78. The minimum atomic E-state index is -1.42. The fraction of sp³-hybridized carbons (Fsp3) is 0.679. The van der Waals surface area contributed by atoms with Crippen molar-refractivity contribution in [3.8, 4) is 0 Å². The van der Waals surface area contributed by atoms with E-state index in [9.17, 15) is 24.3 Å². The molecule has 2 aromatic heterocycles. The number of nitrogens with zero attached hydrogens (tertiary/aromatic N) is 5. The second-order valence-electron chi connectivity index (χ2n) is 11.5. The molecule has 2 heterocycles. The van der Waals surface area contributed by atoms with Gasteiger partial charge in [-0.3, -0.25) is 23.9 Å². The number of hydrogen-bond acceptors (Lipinski definition) is 10. The summed E-state index contributed by atoms with van der Waals surface area (Å²) in [4.78, 5) is 57.9. The molecule has 2 aromatic rings. The third-order valence-electron chi connectivity index (χ3n) is 6.78. The Bertz CT molecular complexity index is 1240. The molecule has 0 unspecified atom stereocenters. The number of anilines is 1. The van der Waals surface area contributed by atoms with Crippen molar-refractivity contribution in [3.63, 3.8) is 0 Å². The first-order valence-electron chi connectivity index (χ1n) is 14.2. The van der Waals surface area contributed by atoms with Crippen molar-refractivity contribution >= 4 is 48.3 Å². The normalized spacial score (nSPS) is 12.6. The topological polar surface area (TPSA) is 173 Å². The summed E-state index contributed by atoms with van der Waals surface area (Å²) in [6.45, 7) is 12.3. The molecule has 0 aliphatic heterocycles. The van der Waals surface area contributed by atoms with Crippen molar-refractivity contribution in [2.75, 3.05) is 25.5 Å². The van der Waals surface area contributed by atoms with Gasteiger partial charge in [0.1, 0.15) is 29.3 Å². The lowest BCUT2D eigenvalue weighted by molar-refractivity contribution is -0.144. The van der Waals surface area contributed by atoms with Crippen molar-refractivity contribution in [2.24, 2.45) is 0 Å². The van der Waals surface area contributed by atoms with E-state index in [1.165, 1.54) is 10.8 Å². The Labute approximate surface area is 265 Å². The lowest BCUT2D eigenvalue weighted by Crippen LogP contribution is -2.47. The number of halogens is 2. The zero-order valence-electron chi connectivity index (χ0n) is 26.1. The van der Waals surface area contributed by atoms with Crippen molar-refractivity contribution in [3.05, 3.63) is 33.6 Å². The number of carboxylic acid groups (broad SMARTS) is 1. The molecule has 0 aromatic carbocycles. The number of unbranched alkanes of at least 4 members (excludes halogenated alkanes) is 3. The maximum absolute atomic E-state index is 13.5. The number of amides is 1. The van der Waals surface area contributed by atoms with Crippen LogP contribution in [0.25, 0.3) is 0 Å². The highest BCUT2D eigenvalue weighted by Gasteiger charge is 2.30. The molecule has 244 valence electrons. The van der Waals surface area contributed by atoms with E-state index in [4.69, 9.17) is 4.63 Å². The molecule has 1 amide bonds. The molecule has 2 rings (SSSR count). The van der Waals surface area contributed by atoms with Gasteiger partial charge >= 0.3 is 5.97 Å². The summed E-state index contributed by atoms with van der Waals surface area (Å²) >= 11 is 0. The van der Waals surface area contributed by atoms with Crippen molar-refractivity contribution in [1.29, 1.82) is 0 Å². The van der Waals surface area contributed by atoms with Crippen LogP contribution >= 0.6 is 24.8 Å². The molecule has 15 heteroatoms. The van der Waals surface area contributed by atoms with Crippen LogP contribution in [0.3, 0.4) is 0 Å². The average molecular weight is 649 g/mol. The molecule has 0 aliphatic rings. The Kier molecular flexibility index (Phi) is 17.3. The van der Waals surface area contributed by atoms with E-state index < -0.39 is 34.9 Å². The monoisotopic (exact) mass is 647 g/mol. The van der Waals surface area contributed by atoms with Gasteiger partial charge in [0, 0.05) is 18.0 Å². The summed E-state index contributed by atoms with van der Waals surface area (Å²) in [6, 6.07) is -2.45. The summed E-state index contributed by atoms with van der Waals surface area (Å²) in [6.07, 6.45) is 5.64. The summed E-state index contributed by atoms with van der Waals surface area (Å²) in [7, 11) is 1.82. The Balaban J connectivity index is 0.00000882. The van der Waals surface area contributed by atoms with Crippen molar-refractivity contribution in [1.82, 2.24) is 30.1 Å². The molecule has 43 heavy (non-hydrogen) atoms. The number of carboxylic acids is 1. The summed E-state index contributed by atoms with van der Waals surface area (Å²) in [5.74, 6) is -2.26. The number of nitrogens with one attached hydrogen (secondary N) is 2. The number of Topliss-reactive ketones (excluding diaryl/α,β-unsaturated/α-hetero) is 1. The molecule has 2 atom stereocenters. The molecule has 0 bridgehead atoms. The fourth-order valence-electron chi connectivity index (χ4n) is 4.25. The highest BCUT2D eigenvalue weighted by molar-refractivity contribution is 5.91. The first-order chi connectivity index (χ1) is 19.3. The van der Waals surface area contributed by atoms with Gasteiger partial charge < -0.3 is 15.7 Å². The van der Waals surface area contributed by atoms with Crippen LogP contribution in [-0.4, -0.2) is 73.7 Å². The van der Waals surface area contributed by atoms with E-state index in [2.05, 4.69) is 32.9 Å². The number of likely N-dealkylation sites (N-methyl/N-ethyl adjacent to an activating group) is 1. The highest BCUT2D eigenvalue weighted by atomic mass is 35.5. The van der Waals surface area contributed by atoms with Crippen LogP contribution in [0, 0.1) is 6.92 Å². The number of aliphatic carboxylic acids is 1. The molecular weight excluding hydrogens is 601 g/mol. The Hall–Kier alpha value is -3.03. The predicted molar refractivity (Wildman–Crippen MR) is 168 cm³/mol. The van der Waals surface area contributed by atoms with Crippen LogP contribution in [0.2, 0.25) is 0 Å². The van der Waals surface area contributed by atoms with Gasteiger partial charge in [0.2, 0.25) is 5.91 Å². The lowest BCUT2D eigenvalue weighted by atomic mass is 9.92. The van der Waals surface area contributed by atoms with Crippen LogP contribution in [0.5, 0.6) is 0 Å². The maximum Gasteiger partial charge on any atom is 0.326 e. The largest absolute Gasteiger partial charge is 0.480 e. The standard InChI is InChI=1S/C28H45N7O6.2ClH/c1-8-10-11-12-13-34(7)16-19(36)14-20(27(39)40)30-25(37)22(9-2)35-17-23(28(4,5)6)31-24(26(35)38)29-15-21-18(3)32-41-33-21;;/h17,20,22H,8-16H2,1-7H3,(H,29,31)(H,30,37)(H,39,40);2*1H/t20-,22+;;/m1../s1. The summed E-state index contributed by atoms with van der Waals surface area (Å²) in [5, 5.41) is 22.8. The third kappa shape index (κ3) is 12.2. The van der Waals surface area contributed by atoms with E-state index in [1.807, 2.05) is 32.7 Å². The van der Waals surface area contributed by atoms with E-state index in [-0.39, 0.29) is 62.3 Å². The number of rotatable bonds is 17. The minimum absolute atomic E-state index is 0. The van der Waals surface area contributed by atoms with Gasteiger partial charge in [-0.25, -0.2) is 14.4 Å². The number of hydrogen-bond donors (Lipinski definition) is 3. The first kappa shape index (κ1) is 40.0. The van der Waals surface area contributed by atoms with E-state index in [0.717, 1.165) is 32.2 Å². The fourth-order valence-corrected chi connectivity index (χ4v) is 4.25. The molecular formula is C28H47Cl2N7O6. The van der Waals surface area contributed by atoms with Crippen LogP contribution < -0.4 is 16.2 Å². The SMILES string of the molecule is CCCCCCN(C)CC(=O)C[C@@H](NC(=O)[C@H](CC)n1cc(C(C)(C)C)nc(NCc2nonc2C)c1=O)C(=O)O.Cl.Cl. The Morgan fingerprint density at radius 1 is 1.12 bits per heavy atom. The van der Waals surface area contributed by atoms with Gasteiger partial charge in [-0.1, -0.05) is 64.2 Å². The van der Waals surface area contributed by atoms with Gasteiger partial charge in [0.15, 0.2) is 5.82 Å². The van der Waals surface area contributed by atoms with Gasteiger partial charge in [-0.15, -0.1) is 24.8 Å². The van der Waals surface area contributed by atoms with E-state index >= 15 is 0 Å². The average Bonchev–Trinajstić information content (AvgIpc) is 3.30. The summed E-state index contributed by atoms with van der Waals surface area (Å²) < 4.78 is 5.98. The Morgan fingerprint density at radius 2 is 1.79 bits per heavy atom. The number of aryl methyl sites for hydroxylation is 1. The number of carbonyl (C=O) groups excluding carboxylic acids is 2. The van der Waals surface area contributed by atoms with Crippen LogP contribution in [0.15, 0.2) is 15.6 Å². The highest BCUT2D eigenvalue weighted by Crippen LogP contribution is 2.22. The molecule has 0 saturated heterocycles. The molecule has 0 aliphatic carbocycles. The smallest absolute Gasteiger partial charge is 0.326 e. The zero-order valence-corrected chi connectivity index (χ0v) is 27.8. The van der Waals surface area contributed by atoms with Gasteiger partial charge in [-0.2, -0.15) is 0 Å². The van der Waals surface area contributed by atoms with Crippen LogP contribution in [0.4, 0.5) is 5.82 Å². The summed E-state index contributed by atoms with van der Waals surface area (Å²) in [5.41, 5.74) is 0.594. The van der Waals surface area contributed by atoms with Gasteiger partial charge in [-0.05, 0) is 33.4 Å². The quantitative estimate of drug-likeness (QED) is 0.214. The van der Waals surface area contributed by atoms with Crippen molar-refractivity contribution in [2.45, 2.75) is 104 Å². The molecule has 3 N–H and O–H groups in total. The predicted octanol–water partition coefficient (Wildman–Crippen LogP) is 3.68. The number of carbonyl (C=O) groups is 3. The van der Waals surface area contributed by atoms with Crippen molar-refractivity contribution < 1.29 is 24.1 Å². The van der Waals surface area contributed by atoms with Crippen LogP contribution in [-0.2, 0) is 26.3 Å². The molecule has 0 radical (unpaired) electrons. The Morgan fingerprint density at radius 3 is 2.33 bits per heavy atom. The molecule has 0 spiro atoms. The van der Waals surface area contributed by atoms with Gasteiger partial charge in [0.05, 0.1) is 18.8 Å². The molecule has 0 saturated carbocycles. The van der Waals surface area contributed by atoms with E-state index in [0.29, 0.717) is 17.1 Å². The number of ketones is 1. The minimum Gasteiger partial charge on any atom is -0.480 e. The second kappa shape index (κ2) is 18.6. The second-order valence-corrected chi connectivity index (χ2v) is 11.5.